The van der Waals surface area contributed by atoms with Crippen molar-refractivity contribution in [3.63, 3.8) is 0 Å². The summed E-state index contributed by atoms with van der Waals surface area (Å²) in [5.74, 6) is -0.736. The van der Waals surface area contributed by atoms with Gasteiger partial charge < -0.3 is 4.79 Å². The van der Waals surface area contributed by atoms with Crippen LogP contribution in [0, 0.1) is 0 Å². The Morgan fingerprint density at radius 1 is 1.21 bits per heavy atom. The first kappa shape index (κ1) is 19.0. The van der Waals surface area contributed by atoms with Gasteiger partial charge in [-0.1, -0.05) is 52.3 Å². The van der Waals surface area contributed by atoms with Gasteiger partial charge in [0, 0.05) is 19.0 Å². The summed E-state index contributed by atoms with van der Waals surface area (Å²) in [6.07, 6.45) is 0.447. The number of nitrogens with zero attached hydrogens (tertiary/aromatic N) is 1. The number of hydrogen-bond donors (Lipinski definition) is 0. The molecule has 0 amide bonds. The molecular formula is C16H16BrNO4S2. The Hall–Kier alpha value is -1.35. The molecule has 0 bridgehead atoms. The monoisotopic (exact) mass is 429 g/mol. The summed E-state index contributed by atoms with van der Waals surface area (Å²) in [7, 11) is -1.25. The van der Waals surface area contributed by atoms with Gasteiger partial charge in [0.1, 0.15) is 6.29 Å². The first-order valence-electron chi connectivity index (χ1n) is 6.95. The lowest BCUT2D eigenvalue weighted by atomic mass is 9.97. The summed E-state index contributed by atoms with van der Waals surface area (Å²) in [5.41, 5.74) is 0.318. The van der Waals surface area contributed by atoms with Crippen LogP contribution in [-0.4, -0.2) is 38.9 Å². The van der Waals surface area contributed by atoms with Crippen molar-refractivity contribution in [1.82, 2.24) is 4.31 Å². The third-order valence-corrected chi connectivity index (χ3v) is 7.92. The first-order valence-corrected chi connectivity index (χ1v) is 10.1. The van der Waals surface area contributed by atoms with Crippen molar-refractivity contribution < 1.29 is 18.0 Å². The van der Waals surface area contributed by atoms with E-state index in [1.165, 1.54) is 25.4 Å². The zero-order valence-corrected chi connectivity index (χ0v) is 16.3. The maximum Gasteiger partial charge on any atom is 0.227 e. The van der Waals surface area contributed by atoms with Gasteiger partial charge in [0.25, 0.3) is 0 Å². The highest BCUT2D eigenvalue weighted by atomic mass is 79.9. The summed E-state index contributed by atoms with van der Waals surface area (Å²) >= 11 is 4.39. The maximum atomic E-state index is 13.2. The lowest BCUT2D eigenvalue weighted by Crippen LogP contribution is -2.41. The molecule has 0 aliphatic carbocycles. The lowest BCUT2D eigenvalue weighted by Gasteiger charge is -2.27. The number of sulfonamides is 1. The fourth-order valence-corrected chi connectivity index (χ4v) is 5.16. The third kappa shape index (κ3) is 3.37. The number of alkyl halides is 1. The number of Topliss-reactive ketones (excluding diaryl/α,β-unsaturated/α-hetero) is 1. The topological polar surface area (TPSA) is 71.5 Å². The van der Waals surface area contributed by atoms with Gasteiger partial charge in [0.2, 0.25) is 10.0 Å². The summed E-state index contributed by atoms with van der Waals surface area (Å²) in [6.45, 7) is 0. The Labute approximate surface area is 153 Å². The summed E-state index contributed by atoms with van der Waals surface area (Å²) in [6, 6.07) is 11.5. The molecule has 2 aromatic rings. The zero-order valence-electron chi connectivity index (χ0n) is 13.0. The number of thiophene rings is 1. The van der Waals surface area contributed by atoms with Gasteiger partial charge in [0.15, 0.2) is 15.4 Å². The average Bonchev–Trinajstić information content (AvgIpc) is 3.09. The summed E-state index contributed by atoms with van der Waals surface area (Å²) < 4.78 is 24.8. The average molecular weight is 430 g/mol. The van der Waals surface area contributed by atoms with Gasteiger partial charge in [-0.15, -0.1) is 11.3 Å². The van der Waals surface area contributed by atoms with Gasteiger partial charge in [0.05, 0.1) is 0 Å². The van der Waals surface area contributed by atoms with Crippen LogP contribution in [0.15, 0.2) is 47.8 Å². The van der Waals surface area contributed by atoms with Crippen molar-refractivity contribution in [2.24, 2.45) is 0 Å². The molecular weight excluding hydrogens is 414 g/mol. The van der Waals surface area contributed by atoms with Crippen molar-refractivity contribution in [3.05, 3.63) is 58.3 Å². The molecule has 2 atom stereocenters. The maximum absolute atomic E-state index is 13.2. The number of carbonyl (C=O) groups excluding carboxylic acids is 2. The van der Waals surface area contributed by atoms with E-state index in [0.717, 1.165) is 4.31 Å². The van der Waals surface area contributed by atoms with Crippen LogP contribution < -0.4 is 0 Å². The SMILES string of the molecule is CN(C)S(=O)(=O)C(C(=O)C(Br)(C=O)c1cccs1)c1ccccc1. The molecule has 0 N–H and O–H groups in total. The molecule has 1 aromatic carbocycles. The summed E-state index contributed by atoms with van der Waals surface area (Å²) in [5, 5.41) is 0.237. The van der Waals surface area contributed by atoms with E-state index < -0.39 is 25.4 Å². The summed E-state index contributed by atoms with van der Waals surface area (Å²) in [4.78, 5) is 25.3. The van der Waals surface area contributed by atoms with Crippen LogP contribution in [0.1, 0.15) is 15.7 Å². The van der Waals surface area contributed by atoms with Crippen molar-refractivity contribution in [2.75, 3.05) is 14.1 Å². The second-order valence-electron chi connectivity index (χ2n) is 5.29. The highest BCUT2D eigenvalue weighted by molar-refractivity contribution is 9.10. The normalized spacial score (nSPS) is 15.7. The molecule has 128 valence electrons. The van der Waals surface area contributed by atoms with Crippen LogP contribution in [0.2, 0.25) is 0 Å². The number of aldehydes is 1. The Bertz CT molecular complexity index is 819. The molecule has 1 aromatic heterocycles. The van der Waals surface area contributed by atoms with Gasteiger partial charge in [-0.3, -0.25) is 4.79 Å². The van der Waals surface area contributed by atoms with Crippen LogP contribution in [0.3, 0.4) is 0 Å². The molecule has 0 radical (unpaired) electrons. The lowest BCUT2D eigenvalue weighted by molar-refractivity contribution is -0.125. The van der Waals surface area contributed by atoms with E-state index >= 15 is 0 Å². The molecule has 0 saturated heterocycles. The van der Waals surface area contributed by atoms with Crippen molar-refractivity contribution in [2.45, 2.75) is 9.57 Å². The quantitative estimate of drug-likeness (QED) is 0.385. The third-order valence-electron chi connectivity index (χ3n) is 3.55. The standard InChI is InChI=1S/C16H16BrNO4S2/c1-18(2)24(21,22)14(12-7-4-3-5-8-12)15(20)16(17,11-19)13-9-6-10-23-13/h3-11,14H,1-2H3. The molecule has 0 fully saturated rings. The molecule has 2 unspecified atom stereocenters. The van der Waals surface area contributed by atoms with Gasteiger partial charge >= 0.3 is 0 Å². The highest BCUT2D eigenvalue weighted by Crippen LogP contribution is 2.40. The van der Waals surface area contributed by atoms with Gasteiger partial charge in [-0.25, -0.2) is 12.7 Å². The molecule has 5 nitrogen and oxygen atoms in total. The highest BCUT2D eigenvalue weighted by Gasteiger charge is 2.48. The zero-order chi connectivity index (χ0) is 18.0. The van der Waals surface area contributed by atoms with Crippen LogP contribution in [0.4, 0.5) is 0 Å². The Kier molecular flexibility index (Phi) is 5.74. The largest absolute Gasteiger partial charge is 0.301 e. The van der Waals surface area contributed by atoms with E-state index in [2.05, 4.69) is 15.9 Å². The number of ketones is 1. The second-order valence-corrected chi connectivity index (χ2v) is 9.72. The molecule has 2 rings (SSSR count). The number of rotatable bonds is 7. The first-order chi connectivity index (χ1) is 11.2. The second kappa shape index (κ2) is 7.26. The smallest absolute Gasteiger partial charge is 0.227 e. The number of benzene rings is 1. The van der Waals surface area contributed by atoms with Crippen LogP contribution in [-0.2, 0) is 23.9 Å². The van der Waals surface area contributed by atoms with E-state index in [1.807, 2.05) is 0 Å². The van der Waals surface area contributed by atoms with E-state index in [0.29, 0.717) is 16.7 Å². The molecule has 0 aliphatic rings. The van der Waals surface area contributed by atoms with Crippen LogP contribution in [0.25, 0.3) is 0 Å². The fourth-order valence-electron chi connectivity index (χ4n) is 2.21. The predicted octanol–water partition coefficient (Wildman–Crippen LogP) is 2.74. The minimum Gasteiger partial charge on any atom is -0.301 e. The molecule has 24 heavy (non-hydrogen) atoms. The molecule has 1 heterocycles. The van der Waals surface area contributed by atoms with Gasteiger partial charge in [-0.05, 0) is 17.0 Å². The van der Waals surface area contributed by atoms with E-state index in [1.54, 1.807) is 47.8 Å². The molecule has 0 aliphatic heterocycles. The Morgan fingerprint density at radius 2 is 1.83 bits per heavy atom. The number of halogens is 1. The van der Waals surface area contributed by atoms with E-state index in [9.17, 15) is 18.0 Å². The van der Waals surface area contributed by atoms with Crippen molar-refractivity contribution in [3.8, 4) is 0 Å². The Morgan fingerprint density at radius 3 is 2.29 bits per heavy atom. The number of hydrogen-bond acceptors (Lipinski definition) is 5. The van der Waals surface area contributed by atoms with Crippen LogP contribution in [0.5, 0.6) is 0 Å². The van der Waals surface area contributed by atoms with Crippen LogP contribution >= 0.6 is 27.3 Å². The van der Waals surface area contributed by atoms with E-state index in [-0.39, 0.29) is 0 Å². The minimum absolute atomic E-state index is 0.318. The Balaban J connectivity index is 2.64. The fraction of sp³-hybridized carbons (Fsp3) is 0.250. The van der Waals surface area contributed by atoms with Crippen molar-refractivity contribution in [1.29, 1.82) is 0 Å². The molecule has 0 saturated carbocycles. The predicted molar refractivity (Wildman–Crippen MR) is 97.8 cm³/mol. The number of carbonyl (C=O) groups is 2. The minimum atomic E-state index is -3.98. The van der Waals surface area contributed by atoms with Crippen molar-refractivity contribution >= 4 is 49.4 Å². The van der Waals surface area contributed by atoms with E-state index in [4.69, 9.17) is 0 Å². The van der Waals surface area contributed by atoms with Gasteiger partial charge in [-0.2, -0.15) is 0 Å². The molecule has 0 spiro atoms. The molecule has 8 heteroatoms.